The Hall–Kier alpha value is -2.73. The van der Waals surface area contributed by atoms with Crippen molar-refractivity contribution < 1.29 is 24.1 Å². The summed E-state index contributed by atoms with van der Waals surface area (Å²) in [6, 6.07) is 16.0. The van der Waals surface area contributed by atoms with E-state index in [-0.39, 0.29) is 18.7 Å². The molecule has 1 aliphatic carbocycles. The van der Waals surface area contributed by atoms with Gasteiger partial charge in [-0.1, -0.05) is 30.3 Å². The van der Waals surface area contributed by atoms with E-state index in [9.17, 15) is 4.79 Å². The van der Waals surface area contributed by atoms with Gasteiger partial charge in [-0.05, 0) is 69.7 Å². The van der Waals surface area contributed by atoms with Crippen LogP contribution >= 0.6 is 0 Å². The quantitative estimate of drug-likeness (QED) is 0.478. The summed E-state index contributed by atoms with van der Waals surface area (Å²) in [6.45, 7) is 7.20. The summed E-state index contributed by atoms with van der Waals surface area (Å²) >= 11 is 0. The average Bonchev–Trinajstić information content (AvgIpc) is 3.58. The zero-order valence-electron chi connectivity index (χ0n) is 19.4. The Balaban J connectivity index is 1.74. The highest BCUT2D eigenvalue weighted by Gasteiger charge is 2.35. The van der Waals surface area contributed by atoms with Crippen LogP contribution < -0.4 is 9.47 Å². The molecule has 0 bridgehead atoms. The fourth-order valence-electron chi connectivity index (χ4n) is 3.28. The summed E-state index contributed by atoms with van der Waals surface area (Å²) in [4.78, 5) is 14.6. The second kappa shape index (κ2) is 11.2. The molecule has 6 heteroatoms. The highest BCUT2D eigenvalue weighted by atomic mass is 16.6. The molecule has 0 aliphatic heterocycles. The van der Waals surface area contributed by atoms with E-state index in [2.05, 4.69) is 0 Å². The molecule has 0 heterocycles. The lowest BCUT2D eigenvalue weighted by atomic mass is 10.1. The minimum Gasteiger partial charge on any atom is -0.493 e. The van der Waals surface area contributed by atoms with Crippen molar-refractivity contribution in [3.63, 3.8) is 0 Å². The van der Waals surface area contributed by atoms with E-state index >= 15 is 0 Å². The molecule has 6 nitrogen and oxygen atoms in total. The van der Waals surface area contributed by atoms with Crippen LogP contribution in [0, 0.1) is 0 Å². The van der Waals surface area contributed by atoms with Crippen LogP contribution in [-0.2, 0) is 17.9 Å². The molecule has 3 rings (SSSR count). The van der Waals surface area contributed by atoms with Gasteiger partial charge in [0.05, 0.1) is 6.61 Å². The highest BCUT2D eigenvalue weighted by Crippen LogP contribution is 2.32. The molecule has 1 amide bonds. The second-order valence-corrected chi connectivity index (χ2v) is 9.21. The Labute approximate surface area is 191 Å². The SMILES string of the molecule is CC(C)(C)OC(=O)N(Cc1cc(OCCCCO)cc(OCc2ccccc2)c1)C1CC1. The molecule has 0 aromatic heterocycles. The average molecular weight is 442 g/mol. The monoisotopic (exact) mass is 441 g/mol. The molecule has 1 aliphatic rings. The molecule has 0 atom stereocenters. The van der Waals surface area contributed by atoms with Crippen LogP contribution in [0.5, 0.6) is 11.5 Å². The standard InChI is InChI=1S/C26H35NO5/c1-26(2,3)32-25(29)27(22-11-12-22)18-21-15-23(30-14-8-7-13-28)17-24(16-21)31-19-20-9-5-4-6-10-20/h4-6,9-10,15-17,22,28H,7-8,11-14,18-19H2,1-3H3. The third-order valence-corrected chi connectivity index (χ3v) is 4.98. The zero-order chi connectivity index (χ0) is 23.0. The van der Waals surface area contributed by atoms with Gasteiger partial charge >= 0.3 is 6.09 Å². The van der Waals surface area contributed by atoms with E-state index < -0.39 is 5.60 Å². The molecule has 0 spiro atoms. The summed E-state index contributed by atoms with van der Waals surface area (Å²) in [5, 5.41) is 8.99. The first kappa shape index (κ1) is 23.9. The van der Waals surface area contributed by atoms with Crippen molar-refractivity contribution in [3.8, 4) is 11.5 Å². The number of amides is 1. The Kier molecular flexibility index (Phi) is 8.39. The first-order valence-electron chi connectivity index (χ1n) is 11.4. The number of rotatable bonds is 11. The molecule has 1 N–H and O–H groups in total. The van der Waals surface area contributed by atoms with E-state index in [0.29, 0.717) is 37.7 Å². The maximum Gasteiger partial charge on any atom is 0.410 e. The fraction of sp³-hybridized carbons (Fsp3) is 0.500. The molecular weight excluding hydrogens is 406 g/mol. The Morgan fingerprint density at radius 3 is 2.31 bits per heavy atom. The number of hydrogen-bond donors (Lipinski definition) is 1. The minimum absolute atomic E-state index is 0.154. The number of ether oxygens (including phenoxy) is 3. The largest absolute Gasteiger partial charge is 0.493 e. The van der Waals surface area contributed by atoms with Crippen molar-refractivity contribution in [2.45, 2.75) is 71.2 Å². The highest BCUT2D eigenvalue weighted by molar-refractivity contribution is 5.69. The number of aliphatic hydroxyl groups is 1. The molecule has 2 aromatic carbocycles. The topological polar surface area (TPSA) is 68.2 Å². The van der Waals surface area contributed by atoms with Gasteiger partial charge in [0.1, 0.15) is 23.7 Å². The van der Waals surface area contributed by atoms with Crippen LogP contribution in [0.2, 0.25) is 0 Å². The normalized spacial score (nSPS) is 13.5. The third-order valence-electron chi connectivity index (χ3n) is 4.98. The molecule has 0 saturated heterocycles. The number of carbonyl (C=O) groups excluding carboxylic acids is 1. The summed E-state index contributed by atoms with van der Waals surface area (Å²) < 4.78 is 17.6. The molecule has 2 aromatic rings. The number of unbranched alkanes of at least 4 members (excludes halogenated alkanes) is 1. The van der Waals surface area contributed by atoms with Crippen LogP contribution in [-0.4, -0.2) is 41.0 Å². The minimum atomic E-state index is -0.536. The van der Waals surface area contributed by atoms with Gasteiger partial charge in [0.15, 0.2) is 0 Å². The van der Waals surface area contributed by atoms with Crippen molar-refractivity contribution in [2.75, 3.05) is 13.2 Å². The van der Waals surface area contributed by atoms with Gasteiger partial charge in [-0.15, -0.1) is 0 Å². The summed E-state index contributed by atoms with van der Waals surface area (Å²) in [7, 11) is 0. The lowest BCUT2D eigenvalue weighted by Gasteiger charge is -2.27. The molecular formula is C26H35NO5. The van der Waals surface area contributed by atoms with Crippen molar-refractivity contribution in [2.24, 2.45) is 0 Å². The molecule has 174 valence electrons. The lowest BCUT2D eigenvalue weighted by Crippen LogP contribution is -2.37. The van der Waals surface area contributed by atoms with E-state index in [1.165, 1.54) is 0 Å². The second-order valence-electron chi connectivity index (χ2n) is 9.21. The summed E-state index contributed by atoms with van der Waals surface area (Å²) in [5.74, 6) is 1.40. The maximum atomic E-state index is 12.8. The van der Waals surface area contributed by atoms with Crippen LogP contribution in [0.15, 0.2) is 48.5 Å². The van der Waals surface area contributed by atoms with E-state index in [1.807, 2.05) is 69.3 Å². The molecule has 1 saturated carbocycles. The third kappa shape index (κ3) is 8.08. The van der Waals surface area contributed by atoms with Crippen molar-refractivity contribution in [3.05, 3.63) is 59.7 Å². The Morgan fingerprint density at radius 2 is 1.69 bits per heavy atom. The first-order valence-corrected chi connectivity index (χ1v) is 11.4. The Morgan fingerprint density at radius 1 is 1.00 bits per heavy atom. The van der Waals surface area contributed by atoms with Gasteiger partial charge in [-0.3, -0.25) is 0 Å². The van der Waals surface area contributed by atoms with Crippen LogP contribution in [0.1, 0.15) is 57.6 Å². The first-order chi connectivity index (χ1) is 15.3. The predicted molar refractivity (Wildman–Crippen MR) is 124 cm³/mol. The van der Waals surface area contributed by atoms with Gasteiger partial charge < -0.3 is 24.2 Å². The molecule has 0 radical (unpaired) electrons. The van der Waals surface area contributed by atoms with E-state index in [4.69, 9.17) is 19.3 Å². The lowest BCUT2D eigenvalue weighted by molar-refractivity contribution is 0.0216. The van der Waals surface area contributed by atoms with Crippen molar-refractivity contribution >= 4 is 6.09 Å². The number of carbonyl (C=O) groups is 1. The maximum absolute atomic E-state index is 12.8. The summed E-state index contributed by atoms with van der Waals surface area (Å²) in [5.41, 5.74) is 1.48. The summed E-state index contributed by atoms with van der Waals surface area (Å²) in [6.07, 6.45) is 3.17. The zero-order valence-corrected chi connectivity index (χ0v) is 19.4. The van der Waals surface area contributed by atoms with Crippen LogP contribution in [0.25, 0.3) is 0 Å². The van der Waals surface area contributed by atoms with Gasteiger partial charge in [-0.2, -0.15) is 0 Å². The van der Waals surface area contributed by atoms with Crippen molar-refractivity contribution in [1.29, 1.82) is 0 Å². The van der Waals surface area contributed by atoms with Gasteiger partial charge in [0.2, 0.25) is 0 Å². The van der Waals surface area contributed by atoms with Crippen LogP contribution in [0.3, 0.4) is 0 Å². The van der Waals surface area contributed by atoms with Gasteiger partial charge in [0.25, 0.3) is 0 Å². The van der Waals surface area contributed by atoms with E-state index in [1.54, 1.807) is 4.90 Å². The fourth-order valence-corrected chi connectivity index (χ4v) is 3.28. The Bertz CT molecular complexity index is 858. The van der Waals surface area contributed by atoms with Crippen molar-refractivity contribution in [1.82, 2.24) is 4.90 Å². The number of nitrogens with zero attached hydrogens (tertiary/aromatic N) is 1. The predicted octanol–water partition coefficient (Wildman–Crippen LogP) is 5.32. The number of aliphatic hydroxyl groups excluding tert-OH is 1. The molecule has 0 unspecified atom stereocenters. The van der Waals surface area contributed by atoms with Crippen LogP contribution in [0.4, 0.5) is 4.79 Å². The molecule has 32 heavy (non-hydrogen) atoms. The van der Waals surface area contributed by atoms with Gasteiger partial charge in [0, 0.05) is 25.3 Å². The van der Waals surface area contributed by atoms with Gasteiger partial charge in [-0.25, -0.2) is 4.79 Å². The number of hydrogen-bond acceptors (Lipinski definition) is 5. The smallest absolute Gasteiger partial charge is 0.410 e. The van der Waals surface area contributed by atoms with E-state index in [0.717, 1.165) is 30.4 Å². The molecule has 1 fully saturated rings. The number of benzene rings is 2.